The minimum Gasteiger partial charge on any atom is -0.475 e. The van der Waals surface area contributed by atoms with E-state index in [2.05, 4.69) is 15.5 Å². The van der Waals surface area contributed by atoms with Crippen molar-refractivity contribution in [3.8, 4) is 5.88 Å². The van der Waals surface area contributed by atoms with Crippen LogP contribution in [0, 0.1) is 13.8 Å². The van der Waals surface area contributed by atoms with Crippen LogP contribution in [-0.4, -0.2) is 22.2 Å². The highest BCUT2D eigenvalue weighted by atomic mass is 16.5. The molecule has 6 heteroatoms. The summed E-state index contributed by atoms with van der Waals surface area (Å²) in [6.07, 6.45) is 1.77. The minimum atomic E-state index is -0.200. The van der Waals surface area contributed by atoms with E-state index >= 15 is 0 Å². The molecule has 0 aromatic carbocycles. The number of carbonyl (C=O) groups excluding carboxylic acids is 1. The number of amides is 1. The van der Waals surface area contributed by atoms with Gasteiger partial charge in [-0.25, -0.2) is 4.98 Å². The summed E-state index contributed by atoms with van der Waals surface area (Å²) in [6, 6.07) is 3.66. The van der Waals surface area contributed by atoms with Crippen molar-refractivity contribution in [2.75, 3.05) is 0 Å². The normalized spacial score (nSPS) is 10.7. The van der Waals surface area contributed by atoms with E-state index in [0.29, 0.717) is 29.4 Å². The fraction of sp³-hybridized carbons (Fsp3) is 0.400. The number of ether oxygens (including phenoxy) is 1. The van der Waals surface area contributed by atoms with E-state index in [1.807, 2.05) is 19.9 Å². The SMILES string of the molecule is Cc1noc(C)c1C(=O)NCc1ccc(OC(C)C)nc1. The summed E-state index contributed by atoms with van der Waals surface area (Å²) >= 11 is 0. The molecule has 0 aliphatic heterocycles. The number of carbonyl (C=O) groups is 1. The standard InChI is InChI=1S/C15H19N3O3/c1-9(2)20-13-6-5-12(7-16-13)8-17-15(19)14-10(3)18-21-11(14)4/h5-7,9H,8H2,1-4H3,(H,17,19). The van der Waals surface area contributed by atoms with Gasteiger partial charge in [0.05, 0.1) is 11.8 Å². The maximum absolute atomic E-state index is 12.1. The van der Waals surface area contributed by atoms with Crippen LogP contribution < -0.4 is 10.1 Å². The van der Waals surface area contributed by atoms with Gasteiger partial charge in [-0.2, -0.15) is 0 Å². The number of hydrogen-bond donors (Lipinski definition) is 1. The quantitative estimate of drug-likeness (QED) is 0.914. The Hall–Kier alpha value is -2.37. The van der Waals surface area contributed by atoms with E-state index in [0.717, 1.165) is 5.56 Å². The summed E-state index contributed by atoms with van der Waals surface area (Å²) in [5.74, 6) is 0.892. The summed E-state index contributed by atoms with van der Waals surface area (Å²) in [4.78, 5) is 16.3. The van der Waals surface area contributed by atoms with Crippen molar-refractivity contribution in [3.63, 3.8) is 0 Å². The van der Waals surface area contributed by atoms with Crippen molar-refractivity contribution < 1.29 is 14.1 Å². The molecule has 1 N–H and O–H groups in total. The molecule has 0 saturated carbocycles. The van der Waals surface area contributed by atoms with Crippen LogP contribution in [0.1, 0.15) is 41.2 Å². The summed E-state index contributed by atoms with van der Waals surface area (Å²) in [5.41, 5.74) is 1.97. The summed E-state index contributed by atoms with van der Waals surface area (Å²) in [7, 11) is 0. The molecule has 0 unspecified atom stereocenters. The van der Waals surface area contributed by atoms with Crippen molar-refractivity contribution in [2.45, 2.75) is 40.3 Å². The number of hydrogen-bond acceptors (Lipinski definition) is 5. The van der Waals surface area contributed by atoms with E-state index < -0.39 is 0 Å². The van der Waals surface area contributed by atoms with Gasteiger partial charge >= 0.3 is 0 Å². The minimum absolute atomic E-state index is 0.0857. The molecule has 21 heavy (non-hydrogen) atoms. The molecule has 2 heterocycles. The van der Waals surface area contributed by atoms with Gasteiger partial charge in [0.25, 0.3) is 5.91 Å². The topological polar surface area (TPSA) is 77.2 Å². The van der Waals surface area contributed by atoms with Gasteiger partial charge in [-0.15, -0.1) is 0 Å². The molecule has 0 aliphatic rings. The lowest BCUT2D eigenvalue weighted by Crippen LogP contribution is -2.23. The van der Waals surface area contributed by atoms with Crippen LogP contribution in [0.5, 0.6) is 5.88 Å². The molecule has 2 rings (SSSR count). The third-order valence-electron chi connectivity index (χ3n) is 2.87. The highest BCUT2D eigenvalue weighted by Crippen LogP contribution is 2.13. The first kappa shape index (κ1) is 15.0. The van der Waals surface area contributed by atoms with Crippen molar-refractivity contribution in [3.05, 3.63) is 40.9 Å². The second-order valence-corrected chi connectivity index (χ2v) is 5.05. The zero-order chi connectivity index (χ0) is 15.4. The number of rotatable bonds is 5. The molecule has 0 spiro atoms. The van der Waals surface area contributed by atoms with Crippen molar-refractivity contribution in [1.29, 1.82) is 0 Å². The number of aryl methyl sites for hydroxylation is 2. The average molecular weight is 289 g/mol. The molecular weight excluding hydrogens is 270 g/mol. The molecule has 0 fully saturated rings. The number of pyridine rings is 1. The third-order valence-corrected chi connectivity index (χ3v) is 2.87. The van der Waals surface area contributed by atoms with Gasteiger partial charge in [-0.1, -0.05) is 11.2 Å². The second-order valence-electron chi connectivity index (χ2n) is 5.05. The highest BCUT2D eigenvalue weighted by Gasteiger charge is 2.16. The lowest BCUT2D eigenvalue weighted by atomic mass is 10.2. The lowest BCUT2D eigenvalue weighted by molar-refractivity contribution is 0.0949. The highest BCUT2D eigenvalue weighted by molar-refractivity contribution is 5.95. The van der Waals surface area contributed by atoms with Crippen molar-refractivity contribution in [1.82, 2.24) is 15.5 Å². The van der Waals surface area contributed by atoms with Gasteiger partial charge in [0.1, 0.15) is 11.3 Å². The summed E-state index contributed by atoms with van der Waals surface area (Å²) < 4.78 is 10.4. The van der Waals surface area contributed by atoms with E-state index in [1.54, 1.807) is 26.1 Å². The number of nitrogens with zero attached hydrogens (tertiary/aromatic N) is 2. The Morgan fingerprint density at radius 1 is 1.38 bits per heavy atom. The molecule has 0 bridgehead atoms. The van der Waals surface area contributed by atoms with E-state index in [-0.39, 0.29) is 12.0 Å². The molecule has 0 atom stereocenters. The molecule has 6 nitrogen and oxygen atoms in total. The van der Waals surface area contributed by atoms with E-state index in [1.165, 1.54) is 0 Å². The van der Waals surface area contributed by atoms with E-state index in [9.17, 15) is 4.79 Å². The van der Waals surface area contributed by atoms with Gasteiger partial charge in [-0.05, 0) is 33.3 Å². The largest absolute Gasteiger partial charge is 0.475 e. The molecule has 2 aromatic heterocycles. The zero-order valence-corrected chi connectivity index (χ0v) is 12.6. The fourth-order valence-electron chi connectivity index (χ4n) is 1.90. The smallest absolute Gasteiger partial charge is 0.257 e. The first-order chi connectivity index (χ1) is 9.97. The average Bonchev–Trinajstić information content (AvgIpc) is 2.76. The maximum Gasteiger partial charge on any atom is 0.257 e. The van der Waals surface area contributed by atoms with Crippen LogP contribution in [0.15, 0.2) is 22.9 Å². The van der Waals surface area contributed by atoms with Gasteiger partial charge in [-0.3, -0.25) is 4.79 Å². The van der Waals surface area contributed by atoms with Crippen LogP contribution in [0.3, 0.4) is 0 Å². The first-order valence-electron chi connectivity index (χ1n) is 6.80. The Morgan fingerprint density at radius 2 is 2.14 bits per heavy atom. The van der Waals surface area contributed by atoms with Crippen molar-refractivity contribution >= 4 is 5.91 Å². The van der Waals surface area contributed by atoms with Gasteiger partial charge in [0.15, 0.2) is 0 Å². The summed E-state index contributed by atoms with van der Waals surface area (Å²) in [5, 5.41) is 6.59. The second kappa shape index (κ2) is 6.39. The van der Waals surface area contributed by atoms with E-state index in [4.69, 9.17) is 9.26 Å². The Morgan fingerprint density at radius 3 is 2.67 bits per heavy atom. The molecule has 1 amide bonds. The Labute approximate surface area is 123 Å². The predicted octanol–water partition coefficient (Wildman–Crippen LogP) is 2.40. The molecular formula is C15H19N3O3. The Kier molecular flexibility index (Phi) is 4.57. The van der Waals surface area contributed by atoms with Crippen molar-refractivity contribution in [2.24, 2.45) is 0 Å². The molecule has 0 radical (unpaired) electrons. The van der Waals surface area contributed by atoms with Gasteiger partial charge in [0.2, 0.25) is 5.88 Å². The Bertz CT molecular complexity index is 598. The summed E-state index contributed by atoms with van der Waals surface area (Å²) in [6.45, 7) is 7.73. The lowest BCUT2D eigenvalue weighted by Gasteiger charge is -2.09. The Balaban J connectivity index is 1.95. The first-order valence-corrected chi connectivity index (χ1v) is 6.80. The van der Waals surface area contributed by atoms with Crippen LogP contribution in [0.25, 0.3) is 0 Å². The predicted molar refractivity (Wildman–Crippen MR) is 77.1 cm³/mol. The monoisotopic (exact) mass is 289 g/mol. The molecule has 0 aliphatic carbocycles. The van der Waals surface area contributed by atoms with Gasteiger partial charge in [0, 0.05) is 18.8 Å². The third kappa shape index (κ3) is 3.81. The van der Waals surface area contributed by atoms with Crippen LogP contribution in [0.4, 0.5) is 0 Å². The molecule has 112 valence electrons. The van der Waals surface area contributed by atoms with Gasteiger partial charge < -0.3 is 14.6 Å². The number of nitrogens with one attached hydrogen (secondary N) is 1. The zero-order valence-electron chi connectivity index (χ0n) is 12.6. The maximum atomic E-state index is 12.1. The number of aromatic nitrogens is 2. The van der Waals surface area contributed by atoms with Crippen LogP contribution in [-0.2, 0) is 6.54 Å². The molecule has 2 aromatic rings. The van der Waals surface area contributed by atoms with Crippen LogP contribution >= 0.6 is 0 Å². The molecule has 0 saturated heterocycles. The fourth-order valence-corrected chi connectivity index (χ4v) is 1.90. The van der Waals surface area contributed by atoms with Crippen LogP contribution in [0.2, 0.25) is 0 Å².